The van der Waals surface area contributed by atoms with Crippen molar-refractivity contribution in [2.24, 2.45) is 0 Å². The zero-order valence-corrected chi connectivity index (χ0v) is 9.27. The molecule has 0 spiro atoms. The van der Waals surface area contributed by atoms with Gasteiger partial charge in [-0.05, 0) is 51.9 Å². The normalized spacial score (nSPS) is 20.1. The van der Waals surface area contributed by atoms with Gasteiger partial charge in [0.25, 0.3) is 0 Å². The van der Waals surface area contributed by atoms with Gasteiger partial charge in [-0.2, -0.15) is 0 Å². The molecule has 0 amide bonds. The highest BCUT2D eigenvalue weighted by molar-refractivity contribution is 4.76. The van der Waals surface area contributed by atoms with Crippen molar-refractivity contribution in [1.29, 1.82) is 0 Å². The largest absolute Gasteiger partial charge is 0.314 e. The zero-order valence-electron chi connectivity index (χ0n) is 9.27. The SMILES string of the molecule is CCCN1CCC(NCCCF)CC1. The lowest BCUT2D eigenvalue weighted by Crippen LogP contribution is -2.43. The highest BCUT2D eigenvalue weighted by Gasteiger charge is 2.17. The van der Waals surface area contributed by atoms with Crippen LogP contribution in [0, 0.1) is 0 Å². The van der Waals surface area contributed by atoms with Crippen molar-refractivity contribution in [2.45, 2.75) is 38.6 Å². The van der Waals surface area contributed by atoms with Gasteiger partial charge in [-0.15, -0.1) is 0 Å². The second-order valence-corrected chi connectivity index (χ2v) is 4.11. The van der Waals surface area contributed by atoms with Gasteiger partial charge in [0.05, 0.1) is 6.67 Å². The van der Waals surface area contributed by atoms with Gasteiger partial charge in [-0.1, -0.05) is 6.92 Å². The lowest BCUT2D eigenvalue weighted by molar-refractivity contribution is 0.197. The highest BCUT2D eigenvalue weighted by Crippen LogP contribution is 2.10. The molecule has 0 aromatic carbocycles. The molecule has 2 nitrogen and oxygen atoms in total. The number of nitrogens with one attached hydrogen (secondary N) is 1. The summed E-state index contributed by atoms with van der Waals surface area (Å²) in [5.74, 6) is 0. The smallest absolute Gasteiger partial charge is 0.0906 e. The van der Waals surface area contributed by atoms with Crippen molar-refractivity contribution in [3.8, 4) is 0 Å². The molecule has 3 heteroatoms. The van der Waals surface area contributed by atoms with Crippen molar-refractivity contribution in [3.63, 3.8) is 0 Å². The van der Waals surface area contributed by atoms with Gasteiger partial charge in [-0.3, -0.25) is 4.39 Å². The summed E-state index contributed by atoms with van der Waals surface area (Å²) in [5, 5.41) is 3.42. The molecule has 0 aliphatic carbocycles. The molecule has 14 heavy (non-hydrogen) atoms. The molecule has 1 fully saturated rings. The molecule has 1 rings (SSSR count). The number of halogens is 1. The lowest BCUT2D eigenvalue weighted by Gasteiger charge is -2.32. The van der Waals surface area contributed by atoms with E-state index in [1.165, 1.54) is 38.9 Å². The Kier molecular flexibility index (Phi) is 6.12. The number of rotatable bonds is 6. The number of likely N-dealkylation sites (tertiary alicyclic amines) is 1. The van der Waals surface area contributed by atoms with Crippen LogP contribution in [-0.2, 0) is 0 Å². The number of hydrogen-bond donors (Lipinski definition) is 1. The van der Waals surface area contributed by atoms with E-state index in [0.29, 0.717) is 12.5 Å². The van der Waals surface area contributed by atoms with E-state index in [9.17, 15) is 4.39 Å². The Labute approximate surface area is 86.9 Å². The fraction of sp³-hybridized carbons (Fsp3) is 1.00. The molecule has 0 bridgehead atoms. The van der Waals surface area contributed by atoms with E-state index in [-0.39, 0.29) is 6.67 Å². The maximum atomic E-state index is 11.9. The maximum absolute atomic E-state index is 11.9. The van der Waals surface area contributed by atoms with Gasteiger partial charge >= 0.3 is 0 Å². The topological polar surface area (TPSA) is 15.3 Å². The van der Waals surface area contributed by atoms with E-state index in [2.05, 4.69) is 17.1 Å². The number of piperidine rings is 1. The fourth-order valence-corrected chi connectivity index (χ4v) is 2.05. The van der Waals surface area contributed by atoms with Gasteiger partial charge in [0, 0.05) is 6.04 Å². The number of hydrogen-bond acceptors (Lipinski definition) is 2. The van der Waals surface area contributed by atoms with Crippen LogP contribution in [0.4, 0.5) is 4.39 Å². The Hall–Kier alpha value is -0.150. The Balaban J connectivity index is 2.03. The predicted octanol–water partition coefficient (Wildman–Crippen LogP) is 1.81. The summed E-state index contributed by atoms with van der Waals surface area (Å²) >= 11 is 0. The summed E-state index contributed by atoms with van der Waals surface area (Å²) in [7, 11) is 0. The van der Waals surface area contributed by atoms with Gasteiger partial charge in [-0.25, -0.2) is 0 Å². The molecular formula is C11H23FN2. The summed E-state index contributed by atoms with van der Waals surface area (Å²) in [5.41, 5.74) is 0. The van der Waals surface area contributed by atoms with Crippen LogP contribution in [0.3, 0.4) is 0 Å². The second kappa shape index (κ2) is 7.18. The molecule has 0 radical (unpaired) electrons. The first-order valence-electron chi connectivity index (χ1n) is 5.88. The second-order valence-electron chi connectivity index (χ2n) is 4.11. The van der Waals surface area contributed by atoms with Gasteiger partial charge < -0.3 is 10.2 Å². The van der Waals surface area contributed by atoms with Crippen LogP contribution in [0.1, 0.15) is 32.6 Å². The molecule has 0 atom stereocenters. The predicted molar refractivity (Wildman–Crippen MR) is 58.3 cm³/mol. The highest BCUT2D eigenvalue weighted by atomic mass is 19.1. The van der Waals surface area contributed by atoms with Gasteiger partial charge in [0.15, 0.2) is 0 Å². The van der Waals surface area contributed by atoms with E-state index >= 15 is 0 Å². The quantitative estimate of drug-likeness (QED) is 0.661. The molecule has 1 aliphatic heterocycles. The molecule has 0 saturated carbocycles. The van der Waals surface area contributed by atoms with Crippen molar-refractivity contribution < 1.29 is 4.39 Å². The summed E-state index contributed by atoms with van der Waals surface area (Å²) in [4.78, 5) is 2.52. The van der Waals surface area contributed by atoms with Gasteiger partial charge in [0.2, 0.25) is 0 Å². The number of nitrogens with zero attached hydrogens (tertiary/aromatic N) is 1. The number of alkyl halides is 1. The molecule has 1 saturated heterocycles. The summed E-state index contributed by atoms with van der Waals surface area (Å²) in [6.45, 7) is 6.53. The minimum Gasteiger partial charge on any atom is -0.314 e. The van der Waals surface area contributed by atoms with Crippen molar-refractivity contribution in [1.82, 2.24) is 10.2 Å². The first-order chi connectivity index (χ1) is 6.86. The van der Waals surface area contributed by atoms with E-state index in [1.54, 1.807) is 0 Å². The zero-order chi connectivity index (χ0) is 10.2. The molecule has 0 aromatic heterocycles. The lowest BCUT2D eigenvalue weighted by atomic mass is 10.0. The Morgan fingerprint density at radius 2 is 2.07 bits per heavy atom. The first kappa shape index (κ1) is 11.9. The van der Waals surface area contributed by atoms with Crippen LogP contribution in [0.2, 0.25) is 0 Å². The third-order valence-electron chi connectivity index (χ3n) is 2.87. The first-order valence-corrected chi connectivity index (χ1v) is 5.88. The Morgan fingerprint density at radius 1 is 1.36 bits per heavy atom. The summed E-state index contributed by atoms with van der Waals surface area (Å²) < 4.78 is 11.9. The van der Waals surface area contributed by atoms with Crippen LogP contribution >= 0.6 is 0 Å². The maximum Gasteiger partial charge on any atom is 0.0906 e. The van der Waals surface area contributed by atoms with Crippen LogP contribution in [0.15, 0.2) is 0 Å². The van der Waals surface area contributed by atoms with E-state index < -0.39 is 0 Å². The van der Waals surface area contributed by atoms with Crippen LogP contribution in [0.5, 0.6) is 0 Å². The minimum atomic E-state index is -0.193. The molecule has 1 heterocycles. The van der Waals surface area contributed by atoms with Gasteiger partial charge in [0.1, 0.15) is 0 Å². The molecule has 1 aliphatic rings. The van der Waals surface area contributed by atoms with E-state index in [1.807, 2.05) is 0 Å². The monoisotopic (exact) mass is 202 g/mol. The third kappa shape index (κ3) is 4.38. The molecule has 84 valence electrons. The Morgan fingerprint density at radius 3 is 2.64 bits per heavy atom. The summed E-state index contributed by atoms with van der Waals surface area (Å²) in [6.07, 6.45) is 4.37. The average molecular weight is 202 g/mol. The van der Waals surface area contributed by atoms with E-state index in [4.69, 9.17) is 0 Å². The molecular weight excluding hydrogens is 179 g/mol. The average Bonchev–Trinajstić information content (AvgIpc) is 2.21. The van der Waals surface area contributed by atoms with E-state index in [0.717, 1.165) is 6.54 Å². The minimum absolute atomic E-state index is 0.193. The molecule has 0 aromatic rings. The molecule has 1 N–H and O–H groups in total. The van der Waals surface area contributed by atoms with Crippen molar-refractivity contribution >= 4 is 0 Å². The van der Waals surface area contributed by atoms with Crippen LogP contribution < -0.4 is 5.32 Å². The third-order valence-corrected chi connectivity index (χ3v) is 2.87. The molecule has 0 unspecified atom stereocenters. The van der Waals surface area contributed by atoms with Crippen molar-refractivity contribution in [3.05, 3.63) is 0 Å². The van der Waals surface area contributed by atoms with Crippen LogP contribution in [-0.4, -0.2) is 43.8 Å². The van der Waals surface area contributed by atoms with Crippen LogP contribution in [0.25, 0.3) is 0 Å². The fourth-order valence-electron chi connectivity index (χ4n) is 2.05. The Bertz CT molecular complexity index is 133. The van der Waals surface area contributed by atoms with Crippen molar-refractivity contribution in [2.75, 3.05) is 32.9 Å². The summed E-state index contributed by atoms with van der Waals surface area (Å²) in [6, 6.07) is 0.634. The standard InChI is InChI=1S/C11H23FN2/c1-2-8-14-9-4-11(5-10-14)13-7-3-6-12/h11,13H,2-10H2,1H3.